The lowest BCUT2D eigenvalue weighted by atomic mass is 9.74. The van der Waals surface area contributed by atoms with Gasteiger partial charge >= 0.3 is 0 Å². The van der Waals surface area contributed by atoms with Crippen LogP contribution in [0.1, 0.15) is 28.8 Å². The molecule has 0 spiro atoms. The highest BCUT2D eigenvalue weighted by molar-refractivity contribution is 7.13. The molecule has 1 aromatic heterocycles. The first-order chi connectivity index (χ1) is 14.6. The van der Waals surface area contributed by atoms with Crippen molar-refractivity contribution in [2.45, 2.75) is 19.3 Å². The lowest BCUT2D eigenvalue weighted by Gasteiger charge is -2.41. The number of carbonyl (C=O) groups excluding carboxylic acids is 2. The van der Waals surface area contributed by atoms with Gasteiger partial charge in [0.2, 0.25) is 5.91 Å². The summed E-state index contributed by atoms with van der Waals surface area (Å²) in [6.07, 6.45) is 2.22. The second-order valence-corrected chi connectivity index (χ2v) is 8.85. The summed E-state index contributed by atoms with van der Waals surface area (Å²) in [7, 11) is 1.68. The number of benzene rings is 2. The molecule has 1 N–H and O–H groups in total. The molecular weight excluding hydrogens is 392 g/mol. The Balaban J connectivity index is 1.56. The van der Waals surface area contributed by atoms with E-state index in [1.54, 1.807) is 18.4 Å². The van der Waals surface area contributed by atoms with Crippen LogP contribution in [0.3, 0.4) is 0 Å². The van der Waals surface area contributed by atoms with Gasteiger partial charge in [-0.05, 0) is 54.0 Å². The number of piperidine rings is 1. The van der Waals surface area contributed by atoms with E-state index in [-0.39, 0.29) is 11.8 Å². The van der Waals surface area contributed by atoms with E-state index in [9.17, 15) is 9.59 Å². The van der Waals surface area contributed by atoms with Crippen LogP contribution in [0.4, 0.5) is 0 Å². The normalized spacial score (nSPS) is 18.8. The number of rotatable bonds is 5. The molecule has 0 bridgehead atoms. The lowest BCUT2D eigenvalue weighted by Crippen LogP contribution is -2.54. The van der Waals surface area contributed by atoms with E-state index in [4.69, 9.17) is 0 Å². The first-order valence-electron chi connectivity index (χ1n) is 10.3. The Morgan fingerprint density at radius 1 is 1.03 bits per heavy atom. The minimum atomic E-state index is -0.609. The third-order valence-corrected chi connectivity index (χ3v) is 6.81. The van der Waals surface area contributed by atoms with E-state index < -0.39 is 5.41 Å². The number of hydrogen-bond acceptors (Lipinski definition) is 3. The van der Waals surface area contributed by atoms with E-state index in [0.29, 0.717) is 25.1 Å². The van der Waals surface area contributed by atoms with Gasteiger partial charge in [0.05, 0.1) is 5.41 Å². The molecule has 2 aromatic carbocycles. The van der Waals surface area contributed by atoms with Crippen LogP contribution >= 0.6 is 11.3 Å². The Kier molecular flexibility index (Phi) is 6.00. The monoisotopic (exact) mass is 418 g/mol. The fraction of sp³-hybridized carbons (Fsp3) is 0.280. The van der Waals surface area contributed by atoms with Gasteiger partial charge in [-0.3, -0.25) is 9.59 Å². The van der Waals surface area contributed by atoms with Gasteiger partial charge in [-0.1, -0.05) is 48.5 Å². The van der Waals surface area contributed by atoms with Crippen LogP contribution in [0, 0.1) is 5.41 Å². The molecule has 1 aliphatic rings. The van der Waals surface area contributed by atoms with Gasteiger partial charge in [0.25, 0.3) is 5.91 Å². The average Bonchev–Trinajstić information content (AvgIpc) is 3.34. The predicted octanol–water partition coefficient (Wildman–Crippen LogP) is 4.63. The van der Waals surface area contributed by atoms with Gasteiger partial charge in [0.15, 0.2) is 0 Å². The maximum atomic E-state index is 13.0. The second-order valence-electron chi connectivity index (χ2n) is 7.91. The van der Waals surface area contributed by atoms with Gasteiger partial charge < -0.3 is 10.2 Å². The van der Waals surface area contributed by atoms with Crippen molar-refractivity contribution >= 4 is 23.2 Å². The number of carbonyl (C=O) groups is 2. The molecule has 4 nitrogen and oxygen atoms in total. The van der Waals surface area contributed by atoms with Crippen molar-refractivity contribution in [2.24, 2.45) is 5.41 Å². The van der Waals surface area contributed by atoms with Crippen LogP contribution in [-0.4, -0.2) is 36.9 Å². The molecule has 4 rings (SSSR count). The van der Waals surface area contributed by atoms with Crippen LogP contribution < -0.4 is 5.32 Å². The predicted molar refractivity (Wildman–Crippen MR) is 122 cm³/mol. The largest absolute Gasteiger partial charge is 0.359 e. The van der Waals surface area contributed by atoms with E-state index >= 15 is 0 Å². The zero-order valence-corrected chi connectivity index (χ0v) is 18.0. The van der Waals surface area contributed by atoms with Crippen molar-refractivity contribution in [1.29, 1.82) is 0 Å². The second kappa shape index (κ2) is 8.84. The highest BCUT2D eigenvalue weighted by atomic mass is 32.1. The van der Waals surface area contributed by atoms with Gasteiger partial charge in [-0.25, -0.2) is 0 Å². The Bertz CT molecular complexity index is 999. The van der Waals surface area contributed by atoms with Gasteiger partial charge in [-0.2, -0.15) is 0 Å². The molecule has 1 unspecified atom stereocenters. The Hall–Kier alpha value is -2.92. The lowest BCUT2D eigenvalue weighted by molar-refractivity contribution is -0.133. The fourth-order valence-corrected chi connectivity index (χ4v) is 5.10. The molecule has 1 atom stereocenters. The van der Waals surface area contributed by atoms with Crippen LogP contribution in [0.15, 0.2) is 72.1 Å². The molecule has 1 fully saturated rings. The van der Waals surface area contributed by atoms with Gasteiger partial charge in [0.1, 0.15) is 0 Å². The molecule has 5 heteroatoms. The number of likely N-dealkylation sites (tertiary alicyclic amines) is 1. The van der Waals surface area contributed by atoms with Crippen LogP contribution in [-0.2, 0) is 11.2 Å². The maximum Gasteiger partial charge on any atom is 0.253 e. The van der Waals surface area contributed by atoms with Crippen LogP contribution in [0.5, 0.6) is 0 Å². The smallest absolute Gasteiger partial charge is 0.253 e. The number of thiophene rings is 1. The zero-order chi connectivity index (χ0) is 21.0. The number of nitrogens with one attached hydrogen (secondary N) is 1. The molecule has 0 saturated carbocycles. The molecule has 154 valence electrons. The number of amides is 2. The molecule has 0 aliphatic carbocycles. The number of nitrogens with zero attached hydrogens (tertiary/aromatic N) is 1. The molecule has 2 amide bonds. The quantitative estimate of drug-likeness (QED) is 0.657. The van der Waals surface area contributed by atoms with Crippen molar-refractivity contribution in [1.82, 2.24) is 10.2 Å². The van der Waals surface area contributed by atoms with E-state index in [0.717, 1.165) is 18.4 Å². The first kappa shape index (κ1) is 20.4. The summed E-state index contributed by atoms with van der Waals surface area (Å²) in [4.78, 5) is 29.1. The summed E-state index contributed by atoms with van der Waals surface area (Å²) in [5.41, 5.74) is 2.37. The third-order valence-electron chi connectivity index (χ3n) is 5.90. The molecule has 1 saturated heterocycles. The van der Waals surface area contributed by atoms with E-state index in [1.807, 2.05) is 35.2 Å². The molecule has 2 heterocycles. The molecule has 0 radical (unpaired) electrons. The third kappa shape index (κ3) is 4.17. The van der Waals surface area contributed by atoms with Crippen LogP contribution in [0.25, 0.3) is 10.4 Å². The van der Waals surface area contributed by atoms with E-state index in [1.165, 1.54) is 10.4 Å². The first-order valence-corrected chi connectivity index (χ1v) is 11.2. The van der Waals surface area contributed by atoms with Crippen molar-refractivity contribution in [3.8, 4) is 10.4 Å². The van der Waals surface area contributed by atoms with E-state index in [2.05, 4.69) is 47.1 Å². The standard InChI is InChI=1S/C25H26N2O2S/c1-26-24(29)25(17-19-10-12-20(13-11-19)22-9-5-16-30-22)14-6-15-27(18-25)23(28)21-7-3-2-4-8-21/h2-5,7-13,16H,6,14-15,17-18H2,1H3,(H,26,29). The van der Waals surface area contributed by atoms with Crippen molar-refractivity contribution in [3.05, 3.63) is 83.2 Å². The molecular formula is C25H26N2O2S. The molecule has 30 heavy (non-hydrogen) atoms. The minimum Gasteiger partial charge on any atom is -0.359 e. The Morgan fingerprint density at radius 2 is 1.80 bits per heavy atom. The summed E-state index contributed by atoms with van der Waals surface area (Å²) in [5.74, 6) is 0.00650. The average molecular weight is 419 g/mol. The van der Waals surface area contributed by atoms with Gasteiger partial charge in [-0.15, -0.1) is 11.3 Å². The zero-order valence-electron chi connectivity index (χ0n) is 17.1. The summed E-state index contributed by atoms with van der Waals surface area (Å²) >= 11 is 1.72. The Labute approximate surface area is 181 Å². The van der Waals surface area contributed by atoms with Crippen LogP contribution in [0.2, 0.25) is 0 Å². The fourth-order valence-electron chi connectivity index (χ4n) is 4.36. The van der Waals surface area contributed by atoms with Crippen molar-refractivity contribution in [2.75, 3.05) is 20.1 Å². The summed E-state index contributed by atoms with van der Waals surface area (Å²) in [5, 5.41) is 4.93. The highest BCUT2D eigenvalue weighted by Crippen LogP contribution is 2.35. The Morgan fingerprint density at radius 3 is 2.47 bits per heavy atom. The summed E-state index contributed by atoms with van der Waals surface area (Å²) in [6, 6.07) is 21.9. The van der Waals surface area contributed by atoms with Crippen molar-refractivity contribution in [3.63, 3.8) is 0 Å². The molecule has 3 aromatic rings. The summed E-state index contributed by atoms with van der Waals surface area (Å²) in [6.45, 7) is 1.12. The molecule has 1 aliphatic heterocycles. The summed E-state index contributed by atoms with van der Waals surface area (Å²) < 4.78 is 0. The van der Waals surface area contributed by atoms with Crippen molar-refractivity contribution < 1.29 is 9.59 Å². The SMILES string of the molecule is CNC(=O)C1(Cc2ccc(-c3cccs3)cc2)CCCN(C(=O)c2ccccc2)C1. The number of hydrogen-bond donors (Lipinski definition) is 1. The highest BCUT2D eigenvalue weighted by Gasteiger charge is 2.43. The topological polar surface area (TPSA) is 49.4 Å². The van der Waals surface area contributed by atoms with Gasteiger partial charge in [0, 0.05) is 30.6 Å². The minimum absolute atomic E-state index is 0.00313. The maximum absolute atomic E-state index is 13.0.